The number of carboxylic acids is 1. The van der Waals surface area contributed by atoms with E-state index in [0.717, 1.165) is 9.80 Å². The van der Waals surface area contributed by atoms with E-state index in [1.165, 1.54) is 25.2 Å². The predicted octanol–water partition coefficient (Wildman–Crippen LogP) is 0.902. The molecule has 0 aromatic heterocycles. The first-order valence-electron chi connectivity index (χ1n) is 6.11. The molecular formula is C13H15FN2O4. The number of anilines is 1. The van der Waals surface area contributed by atoms with Crippen LogP contribution in [0.2, 0.25) is 0 Å². The number of halogens is 1. The van der Waals surface area contributed by atoms with Crippen molar-refractivity contribution in [3.63, 3.8) is 0 Å². The second-order valence-corrected chi connectivity index (χ2v) is 4.72. The normalized spacial score (nSPS) is 21.9. The zero-order valence-electron chi connectivity index (χ0n) is 10.9. The molecule has 0 aliphatic carbocycles. The lowest BCUT2D eigenvalue weighted by atomic mass is 10.2. The highest BCUT2D eigenvalue weighted by Crippen LogP contribution is 2.22. The van der Waals surface area contributed by atoms with E-state index in [1.54, 1.807) is 6.07 Å². The second kappa shape index (κ2) is 5.46. The summed E-state index contributed by atoms with van der Waals surface area (Å²) in [5.74, 6) is -1.65. The fourth-order valence-corrected chi connectivity index (χ4v) is 2.25. The highest BCUT2D eigenvalue weighted by molar-refractivity contribution is 5.94. The Morgan fingerprint density at radius 2 is 2.15 bits per heavy atom. The van der Waals surface area contributed by atoms with Gasteiger partial charge in [0.25, 0.3) is 0 Å². The van der Waals surface area contributed by atoms with E-state index in [2.05, 4.69) is 0 Å². The Morgan fingerprint density at radius 1 is 1.45 bits per heavy atom. The third-order valence-corrected chi connectivity index (χ3v) is 3.29. The van der Waals surface area contributed by atoms with Gasteiger partial charge in [0.05, 0.1) is 6.10 Å². The molecule has 1 aliphatic heterocycles. The molecule has 0 bridgehead atoms. The number of β-amino-alcohol motifs (C(OH)–C–C–N with tert-alkyl or cyclic N) is 1. The number of carbonyl (C=O) groups is 2. The minimum atomic E-state index is -1.16. The van der Waals surface area contributed by atoms with E-state index in [-0.39, 0.29) is 13.0 Å². The van der Waals surface area contributed by atoms with Gasteiger partial charge in [0.15, 0.2) is 0 Å². The van der Waals surface area contributed by atoms with Crippen LogP contribution in [0.1, 0.15) is 6.42 Å². The van der Waals surface area contributed by atoms with Crippen molar-refractivity contribution in [1.29, 1.82) is 0 Å². The van der Waals surface area contributed by atoms with Gasteiger partial charge in [0, 0.05) is 25.7 Å². The Labute approximate surface area is 115 Å². The van der Waals surface area contributed by atoms with Gasteiger partial charge in [-0.25, -0.2) is 14.0 Å². The third kappa shape index (κ3) is 2.72. The van der Waals surface area contributed by atoms with Crippen LogP contribution in [0.5, 0.6) is 0 Å². The van der Waals surface area contributed by atoms with Crippen molar-refractivity contribution < 1.29 is 24.2 Å². The van der Waals surface area contributed by atoms with Gasteiger partial charge >= 0.3 is 12.0 Å². The fraction of sp³-hybridized carbons (Fsp3) is 0.385. The van der Waals surface area contributed by atoms with Crippen LogP contribution in [-0.2, 0) is 4.79 Å². The zero-order chi connectivity index (χ0) is 14.9. The van der Waals surface area contributed by atoms with E-state index < -0.39 is 30.0 Å². The largest absolute Gasteiger partial charge is 0.480 e. The number of carbonyl (C=O) groups excluding carboxylic acids is 1. The molecule has 1 saturated heterocycles. The van der Waals surface area contributed by atoms with Crippen molar-refractivity contribution in [2.24, 2.45) is 0 Å². The van der Waals surface area contributed by atoms with Gasteiger partial charge in [0.2, 0.25) is 0 Å². The van der Waals surface area contributed by atoms with Crippen LogP contribution in [0, 0.1) is 5.82 Å². The number of rotatable bonds is 2. The van der Waals surface area contributed by atoms with Gasteiger partial charge in [-0.1, -0.05) is 6.07 Å². The zero-order valence-corrected chi connectivity index (χ0v) is 10.9. The van der Waals surface area contributed by atoms with E-state index >= 15 is 0 Å². The van der Waals surface area contributed by atoms with Gasteiger partial charge in [-0.05, 0) is 18.2 Å². The summed E-state index contributed by atoms with van der Waals surface area (Å²) in [6.07, 6.45) is -0.862. The maximum Gasteiger partial charge on any atom is 0.326 e. The number of aliphatic hydroxyl groups is 1. The summed E-state index contributed by atoms with van der Waals surface area (Å²) in [4.78, 5) is 25.6. The Kier molecular flexibility index (Phi) is 3.89. The summed E-state index contributed by atoms with van der Waals surface area (Å²) in [6.45, 7) is -0.0462. The molecule has 6 nitrogen and oxygen atoms in total. The smallest absolute Gasteiger partial charge is 0.326 e. The lowest BCUT2D eigenvalue weighted by Crippen LogP contribution is -2.47. The molecule has 0 spiro atoms. The molecule has 1 aromatic rings. The molecule has 108 valence electrons. The summed E-state index contributed by atoms with van der Waals surface area (Å²) in [7, 11) is 1.43. The molecule has 1 heterocycles. The first-order valence-corrected chi connectivity index (χ1v) is 6.11. The van der Waals surface area contributed by atoms with Gasteiger partial charge < -0.3 is 15.1 Å². The molecule has 0 saturated carbocycles. The highest BCUT2D eigenvalue weighted by atomic mass is 19.1. The lowest BCUT2D eigenvalue weighted by Gasteiger charge is -2.27. The molecule has 1 aliphatic rings. The molecule has 2 atom stereocenters. The van der Waals surface area contributed by atoms with Crippen LogP contribution in [0.15, 0.2) is 24.3 Å². The monoisotopic (exact) mass is 282 g/mol. The number of benzene rings is 1. The molecule has 2 amide bonds. The SMILES string of the molecule is CN(C(=O)N1CC(O)C[C@H]1C(=O)O)c1cccc(F)c1. The number of hydrogen-bond acceptors (Lipinski definition) is 3. The highest BCUT2D eigenvalue weighted by Gasteiger charge is 2.40. The maximum absolute atomic E-state index is 13.1. The summed E-state index contributed by atoms with van der Waals surface area (Å²) in [5.41, 5.74) is 0.320. The molecular weight excluding hydrogens is 267 g/mol. The van der Waals surface area contributed by atoms with Crippen molar-refractivity contribution in [2.75, 3.05) is 18.5 Å². The van der Waals surface area contributed by atoms with Gasteiger partial charge in [-0.2, -0.15) is 0 Å². The molecule has 20 heavy (non-hydrogen) atoms. The molecule has 1 fully saturated rings. The first kappa shape index (κ1) is 14.3. The van der Waals surface area contributed by atoms with E-state index in [4.69, 9.17) is 5.11 Å². The molecule has 2 rings (SSSR count). The summed E-state index contributed by atoms with van der Waals surface area (Å²) in [5, 5.41) is 18.6. The fourth-order valence-electron chi connectivity index (χ4n) is 2.25. The summed E-state index contributed by atoms with van der Waals surface area (Å²) >= 11 is 0. The number of aliphatic carboxylic acids is 1. The molecule has 7 heteroatoms. The van der Waals surface area contributed by atoms with Crippen molar-refractivity contribution in [3.8, 4) is 0 Å². The first-order chi connectivity index (χ1) is 9.40. The van der Waals surface area contributed by atoms with E-state index in [0.29, 0.717) is 5.69 Å². The molecule has 0 radical (unpaired) electrons. The van der Waals surface area contributed by atoms with Gasteiger partial charge in [-0.15, -0.1) is 0 Å². The van der Waals surface area contributed by atoms with Crippen LogP contribution in [-0.4, -0.2) is 52.9 Å². The standard InChI is InChI=1S/C13H15FN2O4/c1-15(9-4-2-3-8(14)5-9)13(20)16-7-10(17)6-11(16)12(18)19/h2-5,10-11,17H,6-7H2,1H3,(H,18,19)/t10?,11-/m0/s1. The maximum atomic E-state index is 13.1. The summed E-state index contributed by atoms with van der Waals surface area (Å²) < 4.78 is 13.1. The molecule has 2 N–H and O–H groups in total. The number of urea groups is 1. The van der Waals surface area contributed by atoms with Crippen LogP contribution >= 0.6 is 0 Å². The summed E-state index contributed by atoms with van der Waals surface area (Å²) in [6, 6.07) is 3.79. The number of nitrogens with zero attached hydrogens (tertiary/aromatic N) is 2. The number of likely N-dealkylation sites (tertiary alicyclic amines) is 1. The number of amides is 2. The minimum absolute atomic E-state index is 0.00192. The quantitative estimate of drug-likeness (QED) is 0.844. The average Bonchev–Trinajstić information content (AvgIpc) is 2.79. The molecule has 1 unspecified atom stereocenters. The number of carboxylic acid groups (broad SMARTS) is 1. The van der Waals surface area contributed by atoms with Crippen LogP contribution < -0.4 is 4.90 Å². The van der Waals surface area contributed by atoms with Crippen molar-refractivity contribution >= 4 is 17.7 Å². The van der Waals surface area contributed by atoms with Gasteiger partial charge in [-0.3, -0.25) is 4.90 Å². The number of hydrogen-bond donors (Lipinski definition) is 2. The van der Waals surface area contributed by atoms with Crippen LogP contribution in [0.3, 0.4) is 0 Å². The predicted molar refractivity (Wildman–Crippen MR) is 69.0 cm³/mol. The topological polar surface area (TPSA) is 81.1 Å². The van der Waals surface area contributed by atoms with Crippen LogP contribution in [0.4, 0.5) is 14.9 Å². The Hall–Kier alpha value is -2.15. The lowest BCUT2D eigenvalue weighted by molar-refractivity contribution is -0.141. The average molecular weight is 282 g/mol. The van der Waals surface area contributed by atoms with Crippen molar-refractivity contribution in [2.45, 2.75) is 18.6 Å². The van der Waals surface area contributed by atoms with E-state index in [1.807, 2.05) is 0 Å². The van der Waals surface area contributed by atoms with Crippen molar-refractivity contribution in [3.05, 3.63) is 30.1 Å². The van der Waals surface area contributed by atoms with Gasteiger partial charge in [0.1, 0.15) is 11.9 Å². The third-order valence-electron chi connectivity index (χ3n) is 3.29. The Balaban J connectivity index is 2.20. The van der Waals surface area contributed by atoms with E-state index in [9.17, 15) is 19.1 Å². The Bertz CT molecular complexity index is 537. The van der Waals surface area contributed by atoms with Crippen LogP contribution in [0.25, 0.3) is 0 Å². The minimum Gasteiger partial charge on any atom is -0.480 e. The molecule has 1 aromatic carbocycles. The number of aliphatic hydroxyl groups excluding tert-OH is 1. The Morgan fingerprint density at radius 3 is 2.75 bits per heavy atom. The second-order valence-electron chi connectivity index (χ2n) is 4.72. The van der Waals surface area contributed by atoms with Crippen molar-refractivity contribution in [1.82, 2.24) is 4.90 Å².